The molecule has 0 aliphatic heterocycles. The van der Waals surface area contributed by atoms with Gasteiger partial charge in [-0.25, -0.2) is 27.3 Å². The number of nitrogens with zero attached hydrogens (tertiary/aromatic N) is 3. The van der Waals surface area contributed by atoms with Gasteiger partial charge in [-0.1, -0.05) is 42.5 Å². The lowest BCUT2D eigenvalue weighted by atomic mass is 10.1. The van der Waals surface area contributed by atoms with Gasteiger partial charge in [0, 0.05) is 19.7 Å². The van der Waals surface area contributed by atoms with Crippen LogP contribution in [-0.4, -0.2) is 44.7 Å². The summed E-state index contributed by atoms with van der Waals surface area (Å²) in [5.41, 5.74) is -0.415. The van der Waals surface area contributed by atoms with Crippen LogP contribution in [-0.2, 0) is 16.6 Å². The Hall–Kier alpha value is -3.96. The molecule has 0 aliphatic rings. The van der Waals surface area contributed by atoms with Crippen molar-refractivity contribution in [3.63, 3.8) is 0 Å². The largest absolute Gasteiger partial charge is 0.507 e. The third kappa shape index (κ3) is 4.11. The predicted molar refractivity (Wildman–Crippen MR) is 118 cm³/mol. The fourth-order valence-electron chi connectivity index (χ4n) is 3.37. The first-order valence-corrected chi connectivity index (χ1v) is 11.1. The zero-order chi connectivity index (χ0) is 23.8. The van der Waals surface area contributed by atoms with E-state index in [1.807, 2.05) is 0 Å². The van der Waals surface area contributed by atoms with Crippen molar-refractivity contribution in [2.45, 2.75) is 11.4 Å². The molecule has 170 valence electrons. The summed E-state index contributed by atoms with van der Waals surface area (Å²) < 4.78 is 42.7. The van der Waals surface area contributed by atoms with Gasteiger partial charge in [-0.15, -0.1) is 0 Å². The van der Waals surface area contributed by atoms with Gasteiger partial charge in [-0.05, 0) is 23.8 Å². The Morgan fingerprint density at radius 2 is 1.70 bits per heavy atom. The molecule has 0 amide bonds. The van der Waals surface area contributed by atoms with Gasteiger partial charge in [-0.2, -0.15) is 9.40 Å². The summed E-state index contributed by atoms with van der Waals surface area (Å²) in [5.74, 6) is -2.19. The Morgan fingerprint density at radius 1 is 1.03 bits per heavy atom. The molecular formula is C22H19FN4O5S. The molecule has 1 heterocycles. The summed E-state index contributed by atoms with van der Waals surface area (Å²) in [6.45, 7) is 0.0289. The van der Waals surface area contributed by atoms with E-state index in [9.17, 15) is 27.8 Å². The molecule has 0 unspecified atom stereocenters. The van der Waals surface area contributed by atoms with Crippen molar-refractivity contribution < 1.29 is 23.0 Å². The smallest absolute Gasteiger partial charge is 0.348 e. The number of halogens is 1. The molecule has 3 N–H and O–H groups in total. The minimum absolute atomic E-state index is 0.0289. The number of phenols is 2. The van der Waals surface area contributed by atoms with Gasteiger partial charge in [0.05, 0.1) is 11.3 Å². The van der Waals surface area contributed by atoms with Crippen LogP contribution in [0.1, 0.15) is 5.56 Å². The summed E-state index contributed by atoms with van der Waals surface area (Å²) in [7, 11) is -2.88. The molecule has 1 aromatic heterocycles. The van der Waals surface area contributed by atoms with Crippen LogP contribution in [0.4, 0.5) is 4.39 Å². The zero-order valence-electron chi connectivity index (χ0n) is 17.3. The predicted octanol–water partition coefficient (Wildman–Crippen LogP) is 2.60. The highest BCUT2D eigenvalue weighted by Crippen LogP contribution is 2.37. The van der Waals surface area contributed by atoms with Gasteiger partial charge < -0.3 is 10.2 Å². The van der Waals surface area contributed by atoms with Crippen molar-refractivity contribution in [3.8, 4) is 28.6 Å². The van der Waals surface area contributed by atoms with E-state index < -0.39 is 37.9 Å². The van der Waals surface area contributed by atoms with Crippen LogP contribution in [0.25, 0.3) is 17.1 Å². The second kappa shape index (κ2) is 8.52. The van der Waals surface area contributed by atoms with Crippen molar-refractivity contribution in [1.29, 1.82) is 0 Å². The van der Waals surface area contributed by atoms with Gasteiger partial charge >= 0.3 is 5.69 Å². The Bertz CT molecular complexity index is 1480. The second-order valence-electron chi connectivity index (χ2n) is 7.22. The van der Waals surface area contributed by atoms with Crippen molar-refractivity contribution >= 4 is 10.0 Å². The number of sulfonamides is 1. The number of rotatable bonds is 6. The van der Waals surface area contributed by atoms with Crippen LogP contribution in [0.5, 0.6) is 11.5 Å². The maximum atomic E-state index is 14.4. The average molecular weight is 470 g/mol. The fraction of sp³-hybridized carbons (Fsp3) is 0.0909. The first kappa shape index (κ1) is 22.2. The Kier molecular flexibility index (Phi) is 5.75. The summed E-state index contributed by atoms with van der Waals surface area (Å²) in [6.07, 6.45) is 0. The van der Waals surface area contributed by atoms with E-state index in [4.69, 9.17) is 0 Å². The summed E-state index contributed by atoms with van der Waals surface area (Å²) >= 11 is 0. The van der Waals surface area contributed by atoms with Gasteiger partial charge in [0.1, 0.15) is 22.2 Å². The molecular weight excluding hydrogens is 451 g/mol. The Morgan fingerprint density at radius 3 is 2.39 bits per heavy atom. The standard InChI is InChI=1S/C22H19FN4O5S/c1-26(13-14-7-3-2-4-8-14)33(31,32)20-11-15(18(28)12-19(20)29)21-24-25-22(30)27(21)17-10-6-5-9-16(17)23/h2-12,28-29H,13H2,1H3,(H,25,30). The van der Waals surface area contributed by atoms with E-state index in [0.717, 1.165) is 32.6 Å². The van der Waals surface area contributed by atoms with Crippen LogP contribution < -0.4 is 5.69 Å². The molecule has 0 atom stereocenters. The number of aromatic hydroxyl groups is 2. The molecule has 0 saturated carbocycles. The third-order valence-electron chi connectivity index (χ3n) is 5.02. The lowest BCUT2D eigenvalue weighted by molar-refractivity contribution is 0.430. The summed E-state index contributed by atoms with van der Waals surface area (Å²) in [5, 5.41) is 26.8. The van der Waals surface area contributed by atoms with Crippen molar-refractivity contribution in [2.24, 2.45) is 0 Å². The molecule has 3 aromatic carbocycles. The monoisotopic (exact) mass is 470 g/mol. The molecule has 0 fully saturated rings. The highest BCUT2D eigenvalue weighted by molar-refractivity contribution is 7.89. The van der Waals surface area contributed by atoms with Crippen LogP contribution in [0.2, 0.25) is 0 Å². The quantitative estimate of drug-likeness (QED) is 0.397. The van der Waals surface area contributed by atoms with Crippen molar-refractivity contribution in [2.75, 3.05) is 7.05 Å². The van der Waals surface area contributed by atoms with E-state index in [1.165, 1.54) is 25.2 Å². The third-order valence-corrected chi connectivity index (χ3v) is 6.85. The molecule has 33 heavy (non-hydrogen) atoms. The maximum Gasteiger partial charge on any atom is 0.348 e. The number of aromatic amines is 1. The normalized spacial score (nSPS) is 11.7. The van der Waals surface area contributed by atoms with Gasteiger partial charge in [-0.3, -0.25) is 0 Å². The van der Waals surface area contributed by atoms with E-state index in [1.54, 1.807) is 30.3 Å². The van der Waals surface area contributed by atoms with E-state index >= 15 is 0 Å². The first-order valence-electron chi connectivity index (χ1n) is 9.69. The summed E-state index contributed by atoms with van der Waals surface area (Å²) in [4.78, 5) is 11.8. The number of nitrogens with one attached hydrogen (secondary N) is 1. The highest BCUT2D eigenvalue weighted by Gasteiger charge is 2.28. The fourth-order valence-corrected chi connectivity index (χ4v) is 4.62. The first-order chi connectivity index (χ1) is 15.7. The molecule has 4 rings (SSSR count). The maximum absolute atomic E-state index is 14.4. The molecule has 0 spiro atoms. The summed E-state index contributed by atoms with van der Waals surface area (Å²) in [6, 6.07) is 16.1. The van der Waals surface area contributed by atoms with Crippen LogP contribution in [0, 0.1) is 5.82 Å². The zero-order valence-corrected chi connectivity index (χ0v) is 18.1. The number of phenolic OH excluding ortho intramolecular Hbond substituents is 2. The molecule has 4 aromatic rings. The molecule has 0 radical (unpaired) electrons. The van der Waals surface area contributed by atoms with Crippen molar-refractivity contribution in [1.82, 2.24) is 19.1 Å². The number of hydrogen-bond donors (Lipinski definition) is 3. The van der Waals surface area contributed by atoms with E-state index in [2.05, 4.69) is 10.2 Å². The lowest BCUT2D eigenvalue weighted by Crippen LogP contribution is -2.26. The van der Waals surface area contributed by atoms with E-state index in [0.29, 0.717) is 0 Å². The van der Waals surface area contributed by atoms with Gasteiger partial charge in [0.15, 0.2) is 5.82 Å². The number of H-pyrrole nitrogens is 1. The molecule has 9 nitrogen and oxygen atoms in total. The number of para-hydroxylation sites is 1. The molecule has 11 heteroatoms. The minimum Gasteiger partial charge on any atom is -0.507 e. The SMILES string of the molecule is CN(Cc1ccccc1)S(=O)(=O)c1cc(-c2n[nH]c(=O)n2-c2ccccc2F)c(O)cc1O. The van der Waals surface area contributed by atoms with Crippen LogP contribution >= 0.6 is 0 Å². The number of aromatic nitrogens is 3. The van der Waals surface area contributed by atoms with Crippen LogP contribution in [0.15, 0.2) is 76.4 Å². The Labute approximate surface area is 188 Å². The average Bonchev–Trinajstić information content (AvgIpc) is 3.15. The number of benzene rings is 3. The Balaban J connectivity index is 1.83. The highest BCUT2D eigenvalue weighted by atomic mass is 32.2. The molecule has 0 bridgehead atoms. The van der Waals surface area contributed by atoms with Gasteiger partial charge in [0.2, 0.25) is 10.0 Å². The number of hydrogen-bond acceptors (Lipinski definition) is 6. The van der Waals surface area contributed by atoms with E-state index in [-0.39, 0.29) is 23.6 Å². The minimum atomic E-state index is -4.22. The topological polar surface area (TPSA) is 129 Å². The molecule has 0 aliphatic carbocycles. The molecule has 0 saturated heterocycles. The lowest BCUT2D eigenvalue weighted by Gasteiger charge is -2.19. The van der Waals surface area contributed by atoms with Gasteiger partial charge in [0.25, 0.3) is 0 Å². The second-order valence-corrected chi connectivity index (χ2v) is 9.24. The van der Waals surface area contributed by atoms with Crippen LogP contribution in [0.3, 0.4) is 0 Å². The van der Waals surface area contributed by atoms with Crippen molar-refractivity contribution in [3.05, 3.63) is 88.6 Å².